The zero-order valence-electron chi connectivity index (χ0n) is 9.37. The van der Waals surface area contributed by atoms with Crippen LogP contribution in [0.3, 0.4) is 0 Å². The highest BCUT2D eigenvalue weighted by molar-refractivity contribution is 5.78. The minimum Gasteiger partial charge on any atom is -0.459 e. The molecule has 0 aliphatic heterocycles. The Bertz CT molecular complexity index is 247. The number of carbonyl (C=O) groups excluding carboxylic acids is 1. The SMILES string of the molecule is C[CH]C(=O)OC12CC3CC(CC(C3)C1)C2. The van der Waals surface area contributed by atoms with Gasteiger partial charge in [0.1, 0.15) is 5.60 Å². The van der Waals surface area contributed by atoms with E-state index in [1.807, 2.05) is 0 Å². The van der Waals surface area contributed by atoms with E-state index in [9.17, 15) is 4.79 Å². The van der Waals surface area contributed by atoms with Gasteiger partial charge in [-0.15, -0.1) is 0 Å². The maximum absolute atomic E-state index is 11.4. The standard InChI is InChI=1S/C13H19O2/c1-2-12(14)15-13-6-9-3-10(7-13)5-11(4-9)8-13/h2,9-11H,3-8H2,1H3. The van der Waals surface area contributed by atoms with E-state index in [0.717, 1.165) is 37.0 Å². The minimum absolute atomic E-state index is 0.0572. The van der Waals surface area contributed by atoms with Crippen molar-refractivity contribution in [3.05, 3.63) is 6.42 Å². The van der Waals surface area contributed by atoms with Gasteiger partial charge >= 0.3 is 5.97 Å². The third-order valence-electron chi connectivity index (χ3n) is 4.53. The molecule has 0 saturated heterocycles. The van der Waals surface area contributed by atoms with Gasteiger partial charge in [0.25, 0.3) is 0 Å². The quantitative estimate of drug-likeness (QED) is 0.651. The molecule has 4 saturated carbocycles. The van der Waals surface area contributed by atoms with Crippen molar-refractivity contribution < 1.29 is 9.53 Å². The summed E-state index contributed by atoms with van der Waals surface area (Å²) < 4.78 is 5.71. The summed E-state index contributed by atoms with van der Waals surface area (Å²) in [5.41, 5.74) is -0.0572. The molecule has 4 fully saturated rings. The highest BCUT2D eigenvalue weighted by atomic mass is 16.6. The van der Waals surface area contributed by atoms with Crippen molar-refractivity contribution in [3.8, 4) is 0 Å². The van der Waals surface area contributed by atoms with Gasteiger partial charge in [0.2, 0.25) is 0 Å². The van der Waals surface area contributed by atoms with Crippen LogP contribution in [0.15, 0.2) is 0 Å². The van der Waals surface area contributed by atoms with E-state index in [-0.39, 0.29) is 11.6 Å². The smallest absolute Gasteiger partial charge is 0.310 e. The average molecular weight is 207 g/mol. The van der Waals surface area contributed by atoms with Gasteiger partial charge in [0.05, 0.1) is 6.42 Å². The Morgan fingerprint density at radius 3 is 2.00 bits per heavy atom. The Morgan fingerprint density at radius 2 is 1.60 bits per heavy atom. The Balaban J connectivity index is 1.78. The molecule has 4 bridgehead atoms. The van der Waals surface area contributed by atoms with Gasteiger partial charge in [0, 0.05) is 0 Å². The summed E-state index contributed by atoms with van der Waals surface area (Å²) >= 11 is 0. The summed E-state index contributed by atoms with van der Waals surface area (Å²) in [4.78, 5) is 11.4. The first kappa shape index (κ1) is 9.68. The van der Waals surface area contributed by atoms with E-state index in [0.29, 0.717) is 0 Å². The summed E-state index contributed by atoms with van der Waals surface area (Å²) in [5.74, 6) is 2.43. The molecule has 4 aliphatic carbocycles. The van der Waals surface area contributed by atoms with Crippen molar-refractivity contribution in [1.29, 1.82) is 0 Å². The van der Waals surface area contributed by atoms with Gasteiger partial charge in [-0.05, 0) is 56.3 Å². The summed E-state index contributed by atoms with van der Waals surface area (Å²) in [5, 5.41) is 0. The normalized spacial score (nSPS) is 46.9. The number of esters is 1. The Hall–Kier alpha value is -0.530. The predicted molar refractivity (Wildman–Crippen MR) is 57.0 cm³/mol. The number of hydrogen-bond acceptors (Lipinski definition) is 2. The maximum atomic E-state index is 11.4. The van der Waals surface area contributed by atoms with Crippen LogP contribution in [0, 0.1) is 24.2 Å². The summed E-state index contributed by atoms with van der Waals surface area (Å²) in [6, 6.07) is 0. The topological polar surface area (TPSA) is 26.3 Å². The molecule has 4 aliphatic rings. The van der Waals surface area contributed by atoms with Crippen molar-refractivity contribution >= 4 is 5.97 Å². The molecule has 0 aromatic heterocycles. The largest absolute Gasteiger partial charge is 0.459 e. The number of carbonyl (C=O) groups is 1. The molecule has 0 unspecified atom stereocenters. The molecule has 2 nitrogen and oxygen atoms in total. The van der Waals surface area contributed by atoms with Crippen molar-refractivity contribution in [3.63, 3.8) is 0 Å². The number of ether oxygens (including phenoxy) is 1. The maximum Gasteiger partial charge on any atom is 0.310 e. The molecule has 0 spiro atoms. The molecule has 1 radical (unpaired) electrons. The van der Waals surface area contributed by atoms with Crippen LogP contribution >= 0.6 is 0 Å². The van der Waals surface area contributed by atoms with Crippen LogP contribution in [-0.2, 0) is 9.53 Å². The average Bonchev–Trinajstić information content (AvgIpc) is 2.14. The van der Waals surface area contributed by atoms with Gasteiger partial charge in [-0.1, -0.05) is 6.92 Å². The summed E-state index contributed by atoms with van der Waals surface area (Å²) in [6.45, 7) is 1.77. The molecule has 0 heterocycles. The molecule has 0 atom stereocenters. The number of hydrogen-bond donors (Lipinski definition) is 0. The van der Waals surface area contributed by atoms with Crippen LogP contribution in [0.5, 0.6) is 0 Å². The molecule has 0 amide bonds. The van der Waals surface area contributed by atoms with Crippen molar-refractivity contribution in [2.45, 2.75) is 51.0 Å². The summed E-state index contributed by atoms with van der Waals surface area (Å²) in [6.07, 6.45) is 9.15. The van der Waals surface area contributed by atoms with Crippen molar-refractivity contribution in [1.82, 2.24) is 0 Å². The van der Waals surface area contributed by atoms with Crippen LogP contribution in [-0.4, -0.2) is 11.6 Å². The fraction of sp³-hybridized carbons (Fsp3) is 0.846. The van der Waals surface area contributed by atoms with Crippen molar-refractivity contribution in [2.75, 3.05) is 0 Å². The Kier molecular flexibility index (Phi) is 2.08. The van der Waals surface area contributed by atoms with E-state index >= 15 is 0 Å². The molecule has 4 rings (SSSR count). The van der Waals surface area contributed by atoms with E-state index < -0.39 is 0 Å². The van der Waals surface area contributed by atoms with E-state index in [1.165, 1.54) is 19.3 Å². The minimum atomic E-state index is -0.114. The lowest BCUT2D eigenvalue weighted by molar-refractivity contribution is -0.182. The first-order chi connectivity index (χ1) is 7.19. The number of rotatable bonds is 2. The van der Waals surface area contributed by atoms with Gasteiger partial charge in [0.15, 0.2) is 0 Å². The van der Waals surface area contributed by atoms with Crippen LogP contribution in [0.2, 0.25) is 0 Å². The molecular weight excluding hydrogens is 188 g/mol. The second-order valence-electron chi connectivity index (χ2n) is 5.81. The molecular formula is C13H19O2. The highest BCUT2D eigenvalue weighted by Crippen LogP contribution is 2.57. The fourth-order valence-corrected chi connectivity index (χ4v) is 4.43. The lowest BCUT2D eigenvalue weighted by Crippen LogP contribution is -2.52. The van der Waals surface area contributed by atoms with Crippen LogP contribution < -0.4 is 0 Å². The lowest BCUT2D eigenvalue weighted by atomic mass is 9.54. The first-order valence-electron chi connectivity index (χ1n) is 6.21. The zero-order chi connectivity index (χ0) is 10.5. The van der Waals surface area contributed by atoms with Gasteiger partial charge in [-0.2, -0.15) is 0 Å². The fourth-order valence-electron chi connectivity index (χ4n) is 4.43. The molecule has 0 N–H and O–H groups in total. The van der Waals surface area contributed by atoms with Gasteiger partial charge in [-0.25, -0.2) is 0 Å². The second-order valence-corrected chi connectivity index (χ2v) is 5.81. The summed E-state index contributed by atoms with van der Waals surface area (Å²) in [7, 11) is 0. The highest BCUT2D eigenvalue weighted by Gasteiger charge is 2.52. The third-order valence-corrected chi connectivity index (χ3v) is 4.53. The van der Waals surface area contributed by atoms with Crippen LogP contribution in [0.4, 0.5) is 0 Å². The molecule has 0 aromatic carbocycles. The Morgan fingerprint density at radius 1 is 1.13 bits per heavy atom. The second kappa shape index (κ2) is 3.23. The molecule has 83 valence electrons. The molecule has 2 heteroatoms. The van der Waals surface area contributed by atoms with Crippen LogP contribution in [0.25, 0.3) is 0 Å². The van der Waals surface area contributed by atoms with Gasteiger partial charge in [-0.3, -0.25) is 4.79 Å². The van der Waals surface area contributed by atoms with Crippen LogP contribution in [0.1, 0.15) is 45.4 Å². The molecule has 0 aromatic rings. The first-order valence-corrected chi connectivity index (χ1v) is 6.21. The Labute approximate surface area is 91.4 Å². The van der Waals surface area contributed by atoms with E-state index in [1.54, 1.807) is 13.3 Å². The zero-order valence-corrected chi connectivity index (χ0v) is 9.37. The van der Waals surface area contributed by atoms with E-state index in [4.69, 9.17) is 4.74 Å². The monoisotopic (exact) mass is 207 g/mol. The molecule has 15 heavy (non-hydrogen) atoms. The lowest BCUT2D eigenvalue weighted by Gasteiger charge is -2.55. The van der Waals surface area contributed by atoms with Crippen molar-refractivity contribution in [2.24, 2.45) is 17.8 Å². The third kappa shape index (κ3) is 1.58. The predicted octanol–water partition coefficient (Wildman–Crippen LogP) is 2.72. The van der Waals surface area contributed by atoms with E-state index in [2.05, 4.69) is 0 Å². The van der Waals surface area contributed by atoms with Gasteiger partial charge < -0.3 is 4.74 Å².